The molecule has 1 aromatic carbocycles. The summed E-state index contributed by atoms with van der Waals surface area (Å²) in [5.74, 6) is 0.958. The molecule has 0 amide bonds. The van der Waals surface area contributed by atoms with Gasteiger partial charge < -0.3 is 9.84 Å². The van der Waals surface area contributed by atoms with Crippen LogP contribution >= 0.6 is 23.2 Å². The fourth-order valence-corrected chi connectivity index (χ4v) is 3.71. The molecule has 0 radical (unpaired) electrons. The summed E-state index contributed by atoms with van der Waals surface area (Å²) < 4.78 is 7.10. The molecule has 1 aliphatic heterocycles. The summed E-state index contributed by atoms with van der Waals surface area (Å²) >= 11 is 12.2. The molecule has 1 aliphatic carbocycles. The molecule has 0 atom stereocenters. The smallest absolute Gasteiger partial charge is 0.263 e. The number of phenolic OH excluding ortho intramolecular Hbond substituents is 1. The Kier molecular flexibility index (Phi) is 4.62. The second kappa shape index (κ2) is 6.76. The van der Waals surface area contributed by atoms with Crippen molar-refractivity contribution in [2.24, 2.45) is 5.92 Å². The molecule has 2 fully saturated rings. The molecule has 1 aromatic heterocycles. The third kappa shape index (κ3) is 3.36. The lowest BCUT2D eigenvalue weighted by Gasteiger charge is -2.27. The maximum absolute atomic E-state index is 13.1. The zero-order valence-electron chi connectivity index (χ0n) is 13.7. The molecule has 8 heteroatoms. The number of hydrogen-bond acceptors (Lipinski definition) is 5. The molecule has 134 valence electrons. The van der Waals surface area contributed by atoms with Crippen LogP contribution in [-0.4, -0.2) is 45.9 Å². The summed E-state index contributed by atoms with van der Waals surface area (Å²) in [4.78, 5) is 19.9. The zero-order chi connectivity index (χ0) is 17.6. The van der Waals surface area contributed by atoms with E-state index in [0.29, 0.717) is 38.0 Å². The summed E-state index contributed by atoms with van der Waals surface area (Å²) in [6.07, 6.45) is 2.25. The second-order valence-electron chi connectivity index (χ2n) is 6.69. The topological polar surface area (TPSA) is 67.6 Å². The maximum atomic E-state index is 13.1. The van der Waals surface area contributed by atoms with Gasteiger partial charge in [0.15, 0.2) is 5.75 Å². The number of ether oxygens (including phenoxy) is 1. The highest BCUT2D eigenvalue weighted by molar-refractivity contribution is 6.39. The van der Waals surface area contributed by atoms with Crippen molar-refractivity contribution >= 4 is 34.1 Å². The lowest BCUT2D eigenvalue weighted by Crippen LogP contribution is -2.38. The van der Waals surface area contributed by atoms with Gasteiger partial charge in [0.05, 0.1) is 35.2 Å². The molecule has 25 heavy (non-hydrogen) atoms. The van der Waals surface area contributed by atoms with Gasteiger partial charge in [-0.15, -0.1) is 0 Å². The second-order valence-corrected chi connectivity index (χ2v) is 7.50. The van der Waals surface area contributed by atoms with Gasteiger partial charge in [0.1, 0.15) is 11.3 Å². The minimum absolute atomic E-state index is 0.0988. The lowest BCUT2D eigenvalue weighted by atomic mass is 10.2. The van der Waals surface area contributed by atoms with Gasteiger partial charge in [-0.2, -0.15) is 0 Å². The average molecular weight is 384 g/mol. The van der Waals surface area contributed by atoms with E-state index in [2.05, 4.69) is 9.88 Å². The number of benzene rings is 1. The van der Waals surface area contributed by atoms with Gasteiger partial charge in [-0.05, 0) is 24.8 Å². The minimum atomic E-state index is -0.211. The maximum Gasteiger partial charge on any atom is 0.263 e. The van der Waals surface area contributed by atoms with E-state index < -0.39 is 0 Å². The van der Waals surface area contributed by atoms with Crippen LogP contribution in [0.4, 0.5) is 0 Å². The third-order valence-corrected chi connectivity index (χ3v) is 5.38. The predicted octanol–water partition coefficient (Wildman–Crippen LogP) is 2.65. The van der Waals surface area contributed by atoms with Crippen LogP contribution in [0.1, 0.15) is 18.7 Å². The highest BCUT2D eigenvalue weighted by Gasteiger charge is 2.26. The third-order valence-electron chi connectivity index (χ3n) is 4.80. The quantitative estimate of drug-likeness (QED) is 0.878. The predicted molar refractivity (Wildman–Crippen MR) is 96.5 cm³/mol. The van der Waals surface area contributed by atoms with E-state index in [1.54, 1.807) is 4.57 Å². The SMILES string of the molecule is O=c1c2c(Cl)cc(Cl)c(O)c2nc(CN2CCOCC2)n1CC1CC1. The van der Waals surface area contributed by atoms with Crippen LogP contribution < -0.4 is 5.56 Å². The minimum Gasteiger partial charge on any atom is -0.504 e. The molecule has 0 unspecified atom stereocenters. The fourth-order valence-electron chi connectivity index (χ4n) is 3.18. The first-order valence-electron chi connectivity index (χ1n) is 8.45. The molecule has 6 nitrogen and oxygen atoms in total. The van der Waals surface area contributed by atoms with E-state index in [1.807, 2.05) is 0 Å². The fraction of sp³-hybridized carbons (Fsp3) is 0.529. The molecule has 1 N–H and O–H groups in total. The molecule has 1 saturated heterocycles. The van der Waals surface area contributed by atoms with E-state index in [1.165, 1.54) is 6.07 Å². The zero-order valence-corrected chi connectivity index (χ0v) is 15.2. The van der Waals surface area contributed by atoms with Gasteiger partial charge >= 0.3 is 0 Å². The highest BCUT2D eigenvalue weighted by atomic mass is 35.5. The number of rotatable bonds is 4. The normalized spacial score (nSPS) is 18.8. The number of hydrogen-bond donors (Lipinski definition) is 1. The molecule has 0 spiro atoms. The van der Waals surface area contributed by atoms with E-state index in [9.17, 15) is 9.90 Å². The molecule has 2 aromatic rings. The van der Waals surface area contributed by atoms with Gasteiger partial charge in [-0.1, -0.05) is 23.2 Å². The monoisotopic (exact) mass is 383 g/mol. The molecular weight excluding hydrogens is 365 g/mol. The van der Waals surface area contributed by atoms with E-state index in [-0.39, 0.29) is 32.3 Å². The summed E-state index contributed by atoms with van der Waals surface area (Å²) in [6, 6.07) is 1.40. The van der Waals surface area contributed by atoms with Crippen molar-refractivity contribution in [3.63, 3.8) is 0 Å². The van der Waals surface area contributed by atoms with E-state index >= 15 is 0 Å². The Labute approximate surface area is 154 Å². The average Bonchev–Trinajstić information content (AvgIpc) is 3.41. The van der Waals surface area contributed by atoms with Crippen molar-refractivity contribution < 1.29 is 9.84 Å². The van der Waals surface area contributed by atoms with Crippen molar-refractivity contribution in [3.05, 3.63) is 32.3 Å². The Morgan fingerprint density at radius 2 is 1.96 bits per heavy atom. The number of morpholine rings is 1. The summed E-state index contributed by atoms with van der Waals surface area (Å²) in [6.45, 7) is 4.10. The summed E-state index contributed by atoms with van der Waals surface area (Å²) in [7, 11) is 0. The lowest BCUT2D eigenvalue weighted by molar-refractivity contribution is 0.0324. The van der Waals surface area contributed by atoms with Crippen molar-refractivity contribution in [2.45, 2.75) is 25.9 Å². The van der Waals surface area contributed by atoms with Crippen LogP contribution in [0.3, 0.4) is 0 Å². The Balaban J connectivity index is 1.85. The van der Waals surface area contributed by atoms with Crippen LogP contribution in [0.2, 0.25) is 10.0 Å². The Hall–Kier alpha value is -1.34. The van der Waals surface area contributed by atoms with Gasteiger partial charge in [-0.25, -0.2) is 4.98 Å². The van der Waals surface area contributed by atoms with Gasteiger partial charge in [-0.3, -0.25) is 14.3 Å². The Morgan fingerprint density at radius 3 is 2.64 bits per heavy atom. The first-order chi connectivity index (χ1) is 12.0. The van der Waals surface area contributed by atoms with E-state index in [0.717, 1.165) is 25.9 Å². The van der Waals surface area contributed by atoms with Crippen LogP contribution in [0.5, 0.6) is 5.75 Å². The first kappa shape index (κ1) is 17.1. The summed E-state index contributed by atoms with van der Waals surface area (Å²) in [5, 5.41) is 10.8. The molecule has 4 rings (SSSR count). The molecule has 1 saturated carbocycles. The standard InChI is InChI=1S/C17H19Cl2N3O3/c18-11-7-12(19)16(23)15-14(11)17(24)22(8-10-1-2-10)13(20-15)9-21-3-5-25-6-4-21/h7,10,23H,1-6,8-9H2. The summed E-state index contributed by atoms with van der Waals surface area (Å²) in [5.41, 5.74) is -0.0325. The van der Waals surface area contributed by atoms with Crippen LogP contribution in [0, 0.1) is 5.92 Å². The van der Waals surface area contributed by atoms with Crippen LogP contribution in [0.25, 0.3) is 10.9 Å². The Morgan fingerprint density at radius 1 is 1.24 bits per heavy atom. The number of phenols is 1. The number of fused-ring (bicyclic) bond motifs is 1. The van der Waals surface area contributed by atoms with Gasteiger partial charge in [0.25, 0.3) is 5.56 Å². The molecule has 0 bridgehead atoms. The largest absolute Gasteiger partial charge is 0.504 e. The van der Waals surface area contributed by atoms with Gasteiger partial charge in [0.2, 0.25) is 0 Å². The molecule has 2 aliphatic rings. The van der Waals surface area contributed by atoms with Crippen molar-refractivity contribution in [2.75, 3.05) is 26.3 Å². The molecule has 2 heterocycles. The number of nitrogens with zero attached hydrogens (tertiary/aromatic N) is 3. The van der Waals surface area contributed by atoms with E-state index in [4.69, 9.17) is 27.9 Å². The van der Waals surface area contributed by atoms with Crippen molar-refractivity contribution in [3.8, 4) is 5.75 Å². The van der Waals surface area contributed by atoms with Gasteiger partial charge in [0, 0.05) is 19.6 Å². The van der Waals surface area contributed by atoms with Crippen molar-refractivity contribution in [1.82, 2.24) is 14.5 Å². The number of aromatic hydroxyl groups is 1. The highest BCUT2D eigenvalue weighted by Crippen LogP contribution is 2.36. The molecular formula is C17H19Cl2N3O3. The van der Waals surface area contributed by atoms with Crippen LogP contribution in [0.15, 0.2) is 10.9 Å². The van der Waals surface area contributed by atoms with Crippen molar-refractivity contribution in [1.29, 1.82) is 0 Å². The number of aromatic nitrogens is 2. The Bertz CT molecular complexity index is 874. The first-order valence-corrected chi connectivity index (χ1v) is 9.20. The number of halogens is 2. The van der Waals surface area contributed by atoms with Crippen LogP contribution in [-0.2, 0) is 17.8 Å².